The number of hydrogen-bond acceptors (Lipinski definition) is 5. The van der Waals surface area contributed by atoms with Crippen LogP contribution in [0.5, 0.6) is 0 Å². The lowest BCUT2D eigenvalue weighted by Crippen LogP contribution is -2.21. The Morgan fingerprint density at radius 3 is 2.59 bits per heavy atom. The van der Waals surface area contributed by atoms with Crippen LogP contribution in [0.1, 0.15) is 15.9 Å². The third kappa shape index (κ3) is 4.33. The molecule has 6 heteroatoms. The molecule has 0 saturated heterocycles. The Morgan fingerprint density at radius 1 is 1.00 bits per heavy atom. The molecule has 4 aromatic rings. The molecule has 0 radical (unpaired) electrons. The predicted octanol–water partition coefficient (Wildman–Crippen LogP) is 5.07. The first-order chi connectivity index (χ1) is 14.1. The van der Waals surface area contributed by atoms with Gasteiger partial charge in [0.1, 0.15) is 0 Å². The zero-order valence-corrected chi connectivity index (χ0v) is 16.5. The van der Waals surface area contributed by atoms with Crippen LogP contribution < -0.4 is 5.32 Å². The van der Waals surface area contributed by atoms with Gasteiger partial charge in [-0.3, -0.25) is 10.1 Å². The molecule has 29 heavy (non-hydrogen) atoms. The van der Waals surface area contributed by atoms with E-state index in [-0.39, 0.29) is 6.61 Å². The first kappa shape index (κ1) is 18.8. The minimum Gasteiger partial charge on any atom is -0.452 e. The molecule has 1 N–H and O–H groups in total. The van der Waals surface area contributed by atoms with E-state index in [0.29, 0.717) is 10.7 Å². The number of esters is 1. The number of nitrogens with one attached hydrogen (secondary N) is 1. The third-order valence-electron chi connectivity index (χ3n) is 4.44. The van der Waals surface area contributed by atoms with Crippen molar-refractivity contribution in [3.05, 3.63) is 83.2 Å². The van der Waals surface area contributed by atoms with E-state index in [1.165, 1.54) is 16.9 Å². The molecule has 0 spiro atoms. The zero-order chi connectivity index (χ0) is 20.2. The van der Waals surface area contributed by atoms with Gasteiger partial charge in [0.25, 0.3) is 5.91 Å². The average Bonchev–Trinajstić information content (AvgIpc) is 3.20. The van der Waals surface area contributed by atoms with Crippen molar-refractivity contribution >= 4 is 39.1 Å². The highest BCUT2D eigenvalue weighted by atomic mass is 32.1. The van der Waals surface area contributed by atoms with E-state index in [1.54, 1.807) is 12.1 Å². The van der Waals surface area contributed by atoms with Crippen LogP contribution in [-0.4, -0.2) is 23.5 Å². The number of ether oxygens (including phenoxy) is 1. The van der Waals surface area contributed by atoms with Gasteiger partial charge in [-0.2, -0.15) is 0 Å². The Balaban J connectivity index is 1.38. The van der Waals surface area contributed by atoms with Crippen molar-refractivity contribution < 1.29 is 14.3 Å². The van der Waals surface area contributed by atoms with E-state index in [0.717, 1.165) is 22.0 Å². The fraction of sp³-hybridized carbons (Fsp3) is 0.0870. The highest BCUT2D eigenvalue weighted by Crippen LogP contribution is 2.25. The van der Waals surface area contributed by atoms with Gasteiger partial charge in [-0.25, -0.2) is 9.78 Å². The maximum absolute atomic E-state index is 12.4. The van der Waals surface area contributed by atoms with Crippen LogP contribution in [0.2, 0.25) is 0 Å². The smallest absolute Gasteiger partial charge is 0.339 e. The number of thiazole rings is 1. The van der Waals surface area contributed by atoms with Crippen LogP contribution in [0.3, 0.4) is 0 Å². The number of anilines is 1. The summed E-state index contributed by atoms with van der Waals surface area (Å²) in [6.07, 6.45) is 0. The van der Waals surface area contributed by atoms with Crippen LogP contribution >= 0.6 is 11.3 Å². The van der Waals surface area contributed by atoms with Crippen molar-refractivity contribution in [3.8, 4) is 11.3 Å². The molecule has 0 aliphatic heterocycles. The molecule has 0 unspecified atom stereocenters. The monoisotopic (exact) mass is 402 g/mol. The van der Waals surface area contributed by atoms with Gasteiger partial charge in [0.05, 0.1) is 11.3 Å². The number of carbonyl (C=O) groups is 2. The lowest BCUT2D eigenvalue weighted by Gasteiger charge is -2.07. The first-order valence-electron chi connectivity index (χ1n) is 9.07. The summed E-state index contributed by atoms with van der Waals surface area (Å²) in [6.45, 7) is 1.65. The second-order valence-electron chi connectivity index (χ2n) is 6.55. The molecule has 0 atom stereocenters. The van der Waals surface area contributed by atoms with Crippen molar-refractivity contribution in [2.75, 3.05) is 11.9 Å². The van der Waals surface area contributed by atoms with Crippen molar-refractivity contribution in [1.82, 2.24) is 4.98 Å². The predicted molar refractivity (Wildman–Crippen MR) is 115 cm³/mol. The summed E-state index contributed by atoms with van der Waals surface area (Å²) in [6, 6.07) is 21.0. The summed E-state index contributed by atoms with van der Waals surface area (Å²) in [5.41, 5.74) is 3.38. The van der Waals surface area contributed by atoms with E-state index >= 15 is 0 Å². The molecule has 1 aromatic heterocycles. The van der Waals surface area contributed by atoms with Crippen LogP contribution in [0, 0.1) is 6.92 Å². The summed E-state index contributed by atoms with van der Waals surface area (Å²) < 4.78 is 5.20. The number of aryl methyl sites for hydroxylation is 1. The molecule has 144 valence electrons. The van der Waals surface area contributed by atoms with E-state index < -0.39 is 11.9 Å². The van der Waals surface area contributed by atoms with Gasteiger partial charge in [-0.15, -0.1) is 11.3 Å². The van der Waals surface area contributed by atoms with Gasteiger partial charge >= 0.3 is 5.97 Å². The van der Waals surface area contributed by atoms with Gasteiger partial charge in [0.15, 0.2) is 11.7 Å². The summed E-state index contributed by atoms with van der Waals surface area (Å²) in [4.78, 5) is 29.0. The summed E-state index contributed by atoms with van der Waals surface area (Å²) >= 11 is 1.33. The molecule has 4 rings (SSSR count). The molecule has 1 heterocycles. The van der Waals surface area contributed by atoms with Gasteiger partial charge in [0, 0.05) is 10.9 Å². The number of fused-ring (bicyclic) bond motifs is 1. The van der Waals surface area contributed by atoms with Crippen molar-refractivity contribution in [3.63, 3.8) is 0 Å². The second-order valence-corrected chi connectivity index (χ2v) is 7.41. The van der Waals surface area contributed by atoms with Gasteiger partial charge in [-0.1, -0.05) is 66.2 Å². The highest BCUT2D eigenvalue weighted by Gasteiger charge is 2.14. The number of carbonyl (C=O) groups excluding carboxylic acids is 2. The average molecular weight is 402 g/mol. The molecule has 0 aliphatic carbocycles. The lowest BCUT2D eigenvalue weighted by atomic mass is 10.1. The Morgan fingerprint density at radius 2 is 1.76 bits per heavy atom. The molecule has 5 nitrogen and oxygen atoms in total. The zero-order valence-electron chi connectivity index (χ0n) is 15.7. The van der Waals surface area contributed by atoms with Crippen molar-refractivity contribution in [2.45, 2.75) is 6.92 Å². The Bertz CT molecular complexity index is 1180. The molecule has 1 amide bonds. The minimum absolute atomic E-state index is 0.374. The summed E-state index contributed by atoms with van der Waals surface area (Å²) in [5, 5.41) is 6.76. The van der Waals surface area contributed by atoms with Crippen LogP contribution in [0.4, 0.5) is 5.13 Å². The molecule has 0 bridgehead atoms. The molecule has 0 saturated carbocycles. The van der Waals surface area contributed by atoms with Gasteiger partial charge in [-0.05, 0) is 23.8 Å². The SMILES string of the molecule is Cc1ccc(-c2csc(NC(=O)COC(=O)c3cccc4ccccc34)n2)cc1. The largest absolute Gasteiger partial charge is 0.452 e. The molecule has 3 aromatic carbocycles. The molecule has 0 aliphatic rings. The van der Waals surface area contributed by atoms with E-state index in [4.69, 9.17) is 4.74 Å². The number of nitrogens with zero attached hydrogens (tertiary/aromatic N) is 1. The fourth-order valence-electron chi connectivity index (χ4n) is 2.96. The van der Waals surface area contributed by atoms with Crippen LogP contribution in [0.15, 0.2) is 72.1 Å². The number of benzene rings is 3. The molecular formula is C23H18N2O3S. The minimum atomic E-state index is -0.531. The van der Waals surface area contributed by atoms with Gasteiger partial charge < -0.3 is 4.74 Å². The molecule has 0 fully saturated rings. The van der Waals surface area contributed by atoms with Crippen molar-refractivity contribution in [1.29, 1.82) is 0 Å². The quantitative estimate of drug-likeness (QED) is 0.474. The topological polar surface area (TPSA) is 68.3 Å². The maximum Gasteiger partial charge on any atom is 0.339 e. The van der Waals surface area contributed by atoms with Crippen molar-refractivity contribution in [2.24, 2.45) is 0 Å². The number of aromatic nitrogens is 1. The van der Waals surface area contributed by atoms with E-state index in [2.05, 4.69) is 10.3 Å². The summed E-state index contributed by atoms with van der Waals surface area (Å²) in [7, 11) is 0. The fourth-order valence-corrected chi connectivity index (χ4v) is 3.69. The standard InChI is InChI=1S/C23H18N2O3S/c1-15-9-11-17(12-10-15)20-14-29-23(24-20)25-21(26)13-28-22(27)19-8-4-6-16-5-2-3-7-18(16)19/h2-12,14H,13H2,1H3,(H,24,25,26). The summed E-state index contributed by atoms with van der Waals surface area (Å²) in [5.74, 6) is -0.958. The van der Waals surface area contributed by atoms with E-state index in [9.17, 15) is 9.59 Å². The van der Waals surface area contributed by atoms with Gasteiger partial charge in [0.2, 0.25) is 0 Å². The van der Waals surface area contributed by atoms with E-state index in [1.807, 2.05) is 66.9 Å². The highest BCUT2D eigenvalue weighted by molar-refractivity contribution is 7.14. The second kappa shape index (κ2) is 8.24. The lowest BCUT2D eigenvalue weighted by molar-refractivity contribution is -0.119. The Labute approximate surface area is 172 Å². The maximum atomic E-state index is 12.4. The van der Waals surface area contributed by atoms with Crippen LogP contribution in [-0.2, 0) is 9.53 Å². The molecular weight excluding hydrogens is 384 g/mol. The Hall–Kier alpha value is -3.51. The number of rotatable bonds is 5. The number of hydrogen-bond donors (Lipinski definition) is 1. The Kier molecular flexibility index (Phi) is 5.35. The normalized spacial score (nSPS) is 10.7. The van der Waals surface area contributed by atoms with Crippen LogP contribution in [0.25, 0.3) is 22.0 Å². The first-order valence-corrected chi connectivity index (χ1v) is 9.95. The number of amides is 1. The third-order valence-corrected chi connectivity index (χ3v) is 5.20.